The van der Waals surface area contributed by atoms with Crippen molar-refractivity contribution in [1.82, 2.24) is 5.32 Å². The zero-order chi connectivity index (χ0) is 8.91. The zero-order valence-electron chi connectivity index (χ0n) is 7.94. The minimum absolute atomic E-state index is 0.330. The van der Waals surface area contributed by atoms with Gasteiger partial charge in [-0.1, -0.05) is 13.3 Å². The van der Waals surface area contributed by atoms with Crippen molar-refractivity contribution < 1.29 is 0 Å². The Morgan fingerprint density at radius 2 is 2.09 bits per heavy atom. The maximum Gasteiger partial charge on any atom is 0.104 e. The molecule has 1 N–H and O–H groups in total. The largest absolute Gasteiger partial charge is 0.297 e. The van der Waals surface area contributed by atoms with Crippen LogP contribution in [-0.2, 0) is 0 Å². The topological polar surface area (TPSA) is 35.8 Å². The third kappa shape index (κ3) is 4.00. The molecule has 2 heteroatoms. The molecule has 0 aliphatic rings. The Bertz CT molecular complexity index is 146. The minimum atomic E-state index is -0.330. The lowest BCUT2D eigenvalue weighted by Crippen LogP contribution is -2.44. The molecule has 0 aromatic rings. The van der Waals surface area contributed by atoms with E-state index in [9.17, 15) is 0 Å². The highest BCUT2D eigenvalue weighted by atomic mass is 15.0. The Labute approximate surface area is 69.6 Å². The van der Waals surface area contributed by atoms with Gasteiger partial charge < -0.3 is 0 Å². The van der Waals surface area contributed by atoms with Crippen molar-refractivity contribution in [2.75, 3.05) is 0 Å². The molecule has 0 aliphatic heterocycles. The normalized spacial score (nSPS) is 16.0. The van der Waals surface area contributed by atoms with Gasteiger partial charge in [0.1, 0.15) is 5.54 Å². The minimum Gasteiger partial charge on any atom is -0.297 e. The molecule has 0 heterocycles. The molecular formula is C9H18N2. The molecule has 0 saturated heterocycles. The maximum atomic E-state index is 8.85. The first-order valence-corrected chi connectivity index (χ1v) is 4.23. The summed E-state index contributed by atoms with van der Waals surface area (Å²) in [5.74, 6) is 0. The summed E-state index contributed by atoms with van der Waals surface area (Å²) in [5.41, 5.74) is -0.330. The van der Waals surface area contributed by atoms with Crippen molar-refractivity contribution >= 4 is 0 Å². The van der Waals surface area contributed by atoms with Crippen molar-refractivity contribution in [1.29, 1.82) is 5.26 Å². The number of nitriles is 1. The molecule has 2 nitrogen and oxygen atoms in total. The van der Waals surface area contributed by atoms with Crippen LogP contribution >= 0.6 is 0 Å². The first-order chi connectivity index (χ1) is 5.04. The molecule has 0 saturated carbocycles. The van der Waals surface area contributed by atoms with Crippen molar-refractivity contribution in [2.45, 2.75) is 52.1 Å². The van der Waals surface area contributed by atoms with E-state index in [0.29, 0.717) is 6.04 Å². The van der Waals surface area contributed by atoms with Gasteiger partial charge in [0.25, 0.3) is 0 Å². The van der Waals surface area contributed by atoms with Crippen LogP contribution in [0.1, 0.15) is 40.5 Å². The molecule has 64 valence electrons. The van der Waals surface area contributed by atoms with E-state index >= 15 is 0 Å². The van der Waals surface area contributed by atoms with Gasteiger partial charge in [0, 0.05) is 6.04 Å². The lowest BCUT2D eigenvalue weighted by molar-refractivity contribution is 0.379. The SMILES string of the molecule is CCCC(C)(C#N)NC(C)C. The molecule has 0 amide bonds. The molecule has 0 aliphatic carbocycles. The summed E-state index contributed by atoms with van der Waals surface area (Å²) < 4.78 is 0. The summed E-state index contributed by atoms with van der Waals surface area (Å²) in [4.78, 5) is 0. The van der Waals surface area contributed by atoms with Crippen LogP contribution in [0.3, 0.4) is 0 Å². The van der Waals surface area contributed by atoms with Gasteiger partial charge in [-0.05, 0) is 27.2 Å². The predicted molar refractivity (Wildman–Crippen MR) is 47.2 cm³/mol. The van der Waals surface area contributed by atoms with Crippen molar-refractivity contribution in [3.8, 4) is 6.07 Å². The van der Waals surface area contributed by atoms with Crippen LogP contribution in [0.5, 0.6) is 0 Å². The van der Waals surface area contributed by atoms with E-state index in [-0.39, 0.29) is 5.54 Å². The summed E-state index contributed by atoms with van der Waals surface area (Å²) in [6.45, 7) is 8.17. The highest BCUT2D eigenvalue weighted by Gasteiger charge is 2.22. The highest BCUT2D eigenvalue weighted by Crippen LogP contribution is 2.11. The van der Waals surface area contributed by atoms with E-state index in [1.165, 1.54) is 0 Å². The predicted octanol–water partition coefficient (Wildman–Crippen LogP) is 2.07. The van der Waals surface area contributed by atoms with Gasteiger partial charge in [0.2, 0.25) is 0 Å². The molecule has 0 aromatic heterocycles. The van der Waals surface area contributed by atoms with Gasteiger partial charge >= 0.3 is 0 Å². The number of nitrogens with zero attached hydrogens (tertiary/aromatic N) is 1. The molecule has 0 bridgehead atoms. The fraction of sp³-hybridized carbons (Fsp3) is 0.889. The quantitative estimate of drug-likeness (QED) is 0.673. The van der Waals surface area contributed by atoms with Crippen LogP contribution in [0.4, 0.5) is 0 Å². The average molecular weight is 154 g/mol. The van der Waals surface area contributed by atoms with Crippen LogP contribution in [-0.4, -0.2) is 11.6 Å². The molecule has 1 atom stereocenters. The first kappa shape index (κ1) is 10.4. The van der Waals surface area contributed by atoms with Crippen LogP contribution < -0.4 is 5.32 Å². The summed E-state index contributed by atoms with van der Waals surface area (Å²) in [5, 5.41) is 12.1. The van der Waals surface area contributed by atoms with E-state index in [1.807, 2.05) is 6.92 Å². The summed E-state index contributed by atoms with van der Waals surface area (Å²) >= 11 is 0. The van der Waals surface area contributed by atoms with E-state index in [0.717, 1.165) is 12.8 Å². The molecule has 11 heavy (non-hydrogen) atoms. The van der Waals surface area contributed by atoms with Gasteiger partial charge in [-0.3, -0.25) is 5.32 Å². The monoisotopic (exact) mass is 154 g/mol. The van der Waals surface area contributed by atoms with Gasteiger partial charge in [0.05, 0.1) is 6.07 Å². The first-order valence-electron chi connectivity index (χ1n) is 4.23. The lowest BCUT2D eigenvalue weighted by Gasteiger charge is -2.25. The van der Waals surface area contributed by atoms with Crippen molar-refractivity contribution in [3.05, 3.63) is 0 Å². The molecular weight excluding hydrogens is 136 g/mol. The Balaban J connectivity index is 4.02. The molecule has 0 fully saturated rings. The second-order valence-electron chi connectivity index (χ2n) is 3.49. The molecule has 0 spiro atoms. The Hall–Kier alpha value is -0.550. The molecule has 0 radical (unpaired) electrons. The lowest BCUT2D eigenvalue weighted by atomic mass is 9.97. The number of rotatable bonds is 4. The van der Waals surface area contributed by atoms with Crippen LogP contribution in [0, 0.1) is 11.3 Å². The third-order valence-corrected chi connectivity index (χ3v) is 1.60. The Kier molecular flexibility index (Phi) is 4.14. The van der Waals surface area contributed by atoms with Gasteiger partial charge in [-0.25, -0.2) is 0 Å². The Morgan fingerprint density at radius 1 is 1.55 bits per heavy atom. The molecule has 0 aromatic carbocycles. The summed E-state index contributed by atoms with van der Waals surface area (Å²) in [6.07, 6.45) is 1.96. The van der Waals surface area contributed by atoms with Crippen LogP contribution in [0.2, 0.25) is 0 Å². The second-order valence-corrected chi connectivity index (χ2v) is 3.49. The number of nitrogens with one attached hydrogen (secondary N) is 1. The fourth-order valence-corrected chi connectivity index (χ4v) is 1.30. The highest BCUT2D eigenvalue weighted by molar-refractivity contribution is 5.03. The maximum absolute atomic E-state index is 8.85. The smallest absolute Gasteiger partial charge is 0.104 e. The van der Waals surface area contributed by atoms with Gasteiger partial charge in [0.15, 0.2) is 0 Å². The Morgan fingerprint density at radius 3 is 2.36 bits per heavy atom. The summed E-state index contributed by atoms with van der Waals surface area (Å²) in [7, 11) is 0. The van der Waals surface area contributed by atoms with Crippen LogP contribution in [0.25, 0.3) is 0 Å². The van der Waals surface area contributed by atoms with E-state index in [4.69, 9.17) is 5.26 Å². The van der Waals surface area contributed by atoms with Gasteiger partial charge in [-0.2, -0.15) is 5.26 Å². The second kappa shape index (κ2) is 4.35. The van der Waals surface area contributed by atoms with Gasteiger partial charge in [-0.15, -0.1) is 0 Å². The molecule has 1 unspecified atom stereocenters. The molecule has 0 rings (SSSR count). The third-order valence-electron chi connectivity index (χ3n) is 1.60. The average Bonchev–Trinajstić information content (AvgIpc) is 1.87. The number of hydrogen-bond donors (Lipinski definition) is 1. The van der Waals surface area contributed by atoms with E-state index < -0.39 is 0 Å². The van der Waals surface area contributed by atoms with E-state index in [1.54, 1.807) is 0 Å². The standard InChI is InChI=1S/C9H18N2/c1-5-6-9(4,7-10)11-8(2)3/h8,11H,5-6H2,1-4H3. The number of hydrogen-bond acceptors (Lipinski definition) is 2. The van der Waals surface area contributed by atoms with E-state index in [2.05, 4.69) is 32.2 Å². The fourth-order valence-electron chi connectivity index (χ4n) is 1.30. The van der Waals surface area contributed by atoms with Crippen molar-refractivity contribution in [2.24, 2.45) is 0 Å². The van der Waals surface area contributed by atoms with Crippen LogP contribution in [0.15, 0.2) is 0 Å². The zero-order valence-corrected chi connectivity index (χ0v) is 7.94. The summed E-state index contributed by atoms with van der Waals surface area (Å²) in [6, 6.07) is 2.68. The van der Waals surface area contributed by atoms with Crippen molar-refractivity contribution in [3.63, 3.8) is 0 Å².